The summed E-state index contributed by atoms with van der Waals surface area (Å²) in [7, 11) is 0. The van der Waals surface area contributed by atoms with Crippen LogP contribution in [0.5, 0.6) is 0 Å². The Morgan fingerprint density at radius 2 is 1.47 bits per heavy atom. The van der Waals surface area contributed by atoms with Crippen molar-refractivity contribution >= 4 is 24.8 Å². The summed E-state index contributed by atoms with van der Waals surface area (Å²) in [5.74, 6) is 0. The van der Waals surface area contributed by atoms with Crippen LogP contribution in [-0.2, 0) is 23.2 Å². The normalized spacial score (nSPS) is 18.5. The summed E-state index contributed by atoms with van der Waals surface area (Å²) >= 11 is -0.256. The van der Waals surface area contributed by atoms with Gasteiger partial charge in [0.15, 0.2) is 0 Å². The summed E-state index contributed by atoms with van der Waals surface area (Å²) in [5.41, 5.74) is 5.19. The maximum atomic E-state index is 2.40. The first kappa shape index (κ1) is 18.3. The van der Waals surface area contributed by atoms with Gasteiger partial charge >= 0.3 is 94.3 Å². The van der Waals surface area contributed by atoms with Crippen LogP contribution in [-0.4, -0.2) is 0 Å². The van der Waals surface area contributed by atoms with E-state index in [2.05, 4.69) is 41.5 Å². The van der Waals surface area contributed by atoms with Crippen molar-refractivity contribution in [2.24, 2.45) is 5.41 Å². The zero-order valence-corrected chi connectivity index (χ0v) is 14.6. The summed E-state index contributed by atoms with van der Waals surface area (Å²) in [4.78, 5) is 0. The smallest absolute Gasteiger partial charge is 0.147 e. The van der Waals surface area contributed by atoms with Crippen molar-refractivity contribution in [1.29, 1.82) is 0 Å². The van der Waals surface area contributed by atoms with Gasteiger partial charge in [-0.05, 0) is 0 Å². The van der Waals surface area contributed by atoms with Gasteiger partial charge in [-0.3, -0.25) is 0 Å². The molecule has 0 heterocycles. The molecule has 0 amide bonds. The fourth-order valence-electron chi connectivity index (χ4n) is 2.12. The molecule has 0 radical (unpaired) electrons. The Bertz CT molecular complexity index is 288. The van der Waals surface area contributed by atoms with E-state index in [0.29, 0.717) is 5.41 Å². The first-order valence-corrected chi connectivity index (χ1v) is 8.03. The van der Waals surface area contributed by atoms with Crippen molar-refractivity contribution in [3.8, 4) is 0 Å². The van der Waals surface area contributed by atoms with Gasteiger partial charge in [0.05, 0.1) is 0 Å². The maximum absolute atomic E-state index is 2.40. The zero-order valence-electron chi connectivity index (χ0n) is 10.5. The van der Waals surface area contributed by atoms with Crippen LogP contribution in [0.1, 0.15) is 41.5 Å². The third-order valence-electron chi connectivity index (χ3n) is 3.42. The molecular formula is C12H22Cl2Zr. The number of hydrogen-bond acceptors (Lipinski definition) is 0. The van der Waals surface area contributed by atoms with Gasteiger partial charge in [0.25, 0.3) is 0 Å². The summed E-state index contributed by atoms with van der Waals surface area (Å²) in [6, 6.07) is 0. The van der Waals surface area contributed by atoms with Gasteiger partial charge in [-0.1, -0.05) is 0 Å². The van der Waals surface area contributed by atoms with E-state index < -0.39 is 0 Å². The number of halogens is 2. The summed E-state index contributed by atoms with van der Waals surface area (Å²) in [5, 5.41) is 0. The van der Waals surface area contributed by atoms with Crippen molar-refractivity contribution in [1.82, 2.24) is 0 Å². The van der Waals surface area contributed by atoms with Crippen LogP contribution in [0.4, 0.5) is 0 Å². The van der Waals surface area contributed by atoms with E-state index in [0.717, 1.165) is 0 Å². The van der Waals surface area contributed by atoms with E-state index in [1.165, 1.54) is 4.13 Å². The molecule has 0 saturated carbocycles. The fraction of sp³-hybridized carbons (Fsp3) is 0.667. The van der Waals surface area contributed by atoms with Gasteiger partial charge in [-0.2, -0.15) is 0 Å². The minimum absolute atomic E-state index is 0. The fourth-order valence-corrected chi connectivity index (χ4v) is 5.65. The van der Waals surface area contributed by atoms with Gasteiger partial charge < -0.3 is 0 Å². The molecule has 3 heteroatoms. The van der Waals surface area contributed by atoms with E-state index in [1.54, 1.807) is 16.7 Å². The third-order valence-corrected chi connectivity index (χ3v) is 7.61. The van der Waals surface area contributed by atoms with Crippen LogP contribution in [0.25, 0.3) is 0 Å². The average molecular weight is 328 g/mol. The first-order valence-electron chi connectivity index (χ1n) is 5.06. The van der Waals surface area contributed by atoms with Crippen LogP contribution < -0.4 is 0 Å². The quantitative estimate of drug-likeness (QED) is 0.669. The van der Waals surface area contributed by atoms with Crippen LogP contribution in [0.15, 0.2) is 20.0 Å². The van der Waals surface area contributed by atoms with Crippen molar-refractivity contribution in [3.63, 3.8) is 0 Å². The van der Waals surface area contributed by atoms with E-state index in [9.17, 15) is 0 Å². The van der Waals surface area contributed by atoms with Crippen LogP contribution >= 0.6 is 24.8 Å². The summed E-state index contributed by atoms with van der Waals surface area (Å²) in [6.07, 6.45) is 0. The number of rotatable bonds is 2. The van der Waals surface area contributed by atoms with Crippen molar-refractivity contribution in [2.75, 3.05) is 0 Å². The molecule has 0 aliphatic heterocycles. The largest absolute Gasteiger partial charge is 0.147 e. The molecule has 15 heavy (non-hydrogen) atoms. The first-order chi connectivity index (χ1) is 5.92. The minimum atomic E-state index is -0.256. The molecule has 0 bridgehead atoms. The molecular weight excluding hydrogens is 306 g/mol. The Balaban J connectivity index is 0. The van der Waals surface area contributed by atoms with Crippen LogP contribution in [0, 0.1) is 5.41 Å². The second-order valence-electron chi connectivity index (χ2n) is 4.41. The van der Waals surface area contributed by atoms with Gasteiger partial charge in [0.1, 0.15) is 0 Å². The monoisotopic (exact) mass is 326 g/mol. The molecule has 0 atom stereocenters. The van der Waals surface area contributed by atoms with Crippen molar-refractivity contribution in [3.05, 3.63) is 20.0 Å². The molecule has 0 nitrogen and oxygen atoms in total. The van der Waals surface area contributed by atoms with E-state index >= 15 is 0 Å². The zero-order chi connectivity index (χ0) is 10.2. The molecule has 1 aliphatic carbocycles. The molecule has 0 unspecified atom stereocenters. The van der Waals surface area contributed by atoms with Gasteiger partial charge in [0.2, 0.25) is 0 Å². The Hall–Kier alpha value is 0.943. The predicted octanol–water partition coefficient (Wildman–Crippen LogP) is 5.00. The minimum Gasteiger partial charge on any atom is -0.147 e. The molecule has 0 saturated heterocycles. The number of hydrogen-bond donors (Lipinski definition) is 0. The van der Waals surface area contributed by atoms with Gasteiger partial charge in [-0.15, -0.1) is 24.8 Å². The number of allylic oxidation sites excluding steroid dienone is 4. The second-order valence-corrected chi connectivity index (χ2v) is 8.24. The van der Waals surface area contributed by atoms with Gasteiger partial charge in [-0.25, -0.2) is 0 Å². The molecule has 0 spiro atoms. The Morgan fingerprint density at radius 1 is 1.00 bits per heavy atom. The Morgan fingerprint density at radius 3 is 1.73 bits per heavy atom. The molecule has 1 aliphatic rings. The molecule has 0 aromatic rings. The van der Waals surface area contributed by atoms with E-state index in [-0.39, 0.29) is 48.0 Å². The second kappa shape index (κ2) is 6.62. The van der Waals surface area contributed by atoms with Gasteiger partial charge in [0, 0.05) is 0 Å². The SMILES string of the molecule is C[CH2][Zr][C]1=C(C)C(C)=C(C)C1(C)C.Cl.Cl. The third kappa shape index (κ3) is 3.21. The molecule has 1 rings (SSSR count). The average Bonchev–Trinajstić information content (AvgIpc) is 2.20. The standard InChI is InChI=1S/C10H15.C2H5.2ClH.Zr/c1-7-6-10(4,5)9(3)8(7)2;1-2;;;/h1-5H3;1H2,2H3;2*1H;. The van der Waals surface area contributed by atoms with Crippen LogP contribution in [0.3, 0.4) is 0 Å². The molecule has 0 aromatic carbocycles. The van der Waals surface area contributed by atoms with Crippen molar-refractivity contribution < 1.29 is 23.2 Å². The molecule has 0 N–H and O–H groups in total. The predicted molar refractivity (Wildman–Crippen MR) is 69.8 cm³/mol. The molecule has 0 fully saturated rings. The van der Waals surface area contributed by atoms with Crippen LogP contribution in [0.2, 0.25) is 4.13 Å². The topological polar surface area (TPSA) is 0 Å². The van der Waals surface area contributed by atoms with Crippen molar-refractivity contribution in [2.45, 2.75) is 45.7 Å². The summed E-state index contributed by atoms with van der Waals surface area (Å²) in [6.45, 7) is 14.0. The van der Waals surface area contributed by atoms with E-state index in [4.69, 9.17) is 0 Å². The Labute approximate surface area is 118 Å². The summed E-state index contributed by atoms with van der Waals surface area (Å²) < 4.78 is 3.26. The molecule has 88 valence electrons. The molecule has 0 aromatic heterocycles. The maximum Gasteiger partial charge on any atom is -0.147 e. The Kier molecular flexibility index (Phi) is 8.09. The van der Waals surface area contributed by atoms with E-state index in [1.807, 2.05) is 3.28 Å².